The van der Waals surface area contributed by atoms with E-state index in [1.165, 1.54) is 32.1 Å². The lowest BCUT2D eigenvalue weighted by Gasteiger charge is -2.34. The van der Waals surface area contributed by atoms with Crippen LogP contribution in [0.2, 0.25) is 0 Å². The van der Waals surface area contributed by atoms with Gasteiger partial charge in [0, 0.05) is 6.04 Å². The maximum atomic E-state index is 3.34. The Hall–Kier alpha value is -0.0400. The van der Waals surface area contributed by atoms with Gasteiger partial charge in [-0.05, 0) is 44.6 Å². The van der Waals surface area contributed by atoms with E-state index in [1.807, 2.05) is 0 Å². The molecule has 0 spiro atoms. The van der Waals surface area contributed by atoms with Crippen LogP contribution in [0.1, 0.15) is 52.9 Å². The average Bonchev–Trinajstić information content (AvgIpc) is 2.55. The largest absolute Gasteiger partial charge is 0.317 e. The van der Waals surface area contributed by atoms with E-state index in [9.17, 15) is 0 Å². The van der Waals surface area contributed by atoms with E-state index < -0.39 is 0 Å². The Morgan fingerprint density at radius 3 is 2.31 bits per heavy atom. The fraction of sp³-hybridized carbons (Fsp3) is 1.00. The topological polar surface area (TPSA) is 12.0 Å². The molecule has 0 heterocycles. The second-order valence-electron chi connectivity index (χ2n) is 5.36. The van der Waals surface area contributed by atoms with Gasteiger partial charge in [-0.25, -0.2) is 0 Å². The zero-order valence-electron chi connectivity index (χ0n) is 9.69. The standard InChI is InChI=1S/C12H25N/c1-10(13-4)9-12(2,3)11-7-5-6-8-11/h10-11,13H,5-9H2,1-4H3. The molecular weight excluding hydrogens is 158 g/mol. The van der Waals surface area contributed by atoms with E-state index in [2.05, 4.69) is 33.1 Å². The van der Waals surface area contributed by atoms with Gasteiger partial charge in [0.2, 0.25) is 0 Å². The van der Waals surface area contributed by atoms with E-state index in [-0.39, 0.29) is 0 Å². The Balaban J connectivity index is 2.43. The fourth-order valence-electron chi connectivity index (χ4n) is 2.77. The van der Waals surface area contributed by atoms with Crippen molar-refractivity contribution in [1.82, 2.24) is 5.32 Å². The summed E-state index contributed by atoms with van der Waals surface area (Å²) in [5.41, 5.74) is 0.541. The maximum absolute atomic E-state index is 3.34. The zero-order valence-corrected chi connectivity index (χ0v) is 9.69. The highest BCUT2D eigenvalue weighted by atomic mass is 14.9. The minimum absolute atomic E-state index is 0.541. The van der Waals surface area contributed by atoms with E-state index >= 15 is 0 Å². The molecule has 1 saturated carbocycles. The Kier molecular flexibility index (Phi) is 3.78. The molecule has 1 fully saturated rings. The van der Waals surface area contributed by atoms with Crippen LogP contribution in [0.15, 0.2) is 0 Å². The highest BCUT2D eigenvalue weighted by molar-refractivity contribution is 4.84. The minimum atomic E-state index is 0.541. The summed E-state index contributed by atoms with van der Waals surface area (Å²) in [4.78, 5) is 0. The third-order valence-electron chi connectivity index (χ3n) is 3.79. The number of rotatable bonds is 4. The Morgan fingerprint density at radius 1 is 1.31 bits per heavy atom. The number of hydrogen-bond donors (Lipinski definition) is 1. The summed E-state index contributed by atoms with van der Waals surface area (Å²) in [6.07, 6.45) is 7.16. The molecule has 0 aromatic heterocycles. The molecule has 1 heteroatoms. The lowest BCUT2D eigenvalue weighted by molar-refractivity contribution is 0.180. The van der Waals surface area contributed by atoms with Gasteiger partial charge in [-0.15, -0.1) is 0 Å². The second kappa shape index (κ2) is 4.45. The molecule has 1 aliphatic carbocycles. The molecule has 0 radical (unpaired) electrons. The average molecular weight is 183 g/mol. The van der Waals surface area contributed by atoms with Crippen molar-refractivity contribution in [2.45, 2.75) is 58.9 Å². The van der Waals surface area contributed by atoms with Crippen molar-refractivity contribution in [3.8, 4) is 0 Å². The maximum Gasteiger partial charge on any atom is 0.00409 e. The smallest absolute Gasteiger partial charge is 0.00409 e. The summed E-state index contributed by atoms with van der Waals surface area (Å²) >= 11 is 0. The lowest BCUT2D eigenvalue weighted by Crippen LogP contribution is -2.32. The van der Waals surface area contributed by atoms with Crippen LogP contribution in [0.4, 0.5) is 0 Å². The van der Waals surface area contributed by atoms with E-state index in [1.54, 1.807) is 0 Å². The van der Waals surface area contributed by atoms with Crippen LogP contribution in [-0.2, 0) is 0 Å². The normalized spacial score (nSPS) is 22.2. The van der Waals surface area contributed by atoms with Gasteiger partial charge in [-0.1, -0.05) is 26.7 Å². The third-order valence-corrected chi connectivity index (χ3v) is 3.79. The minimum Gasteiger partial charge on any atom is -0.317 e. The summed E-state index contributed by atoms with van der Waals surface area (Å²) in [5.74, 6) is 0.975. The van der Waals surface area contributed by atoms with Gasteiger partial charge in [0.25, 0.3) is 0 Å². The molecule has 78 valence electrons. The van der Waals surface area contributed by atoms with Gasteiger partial charge in [0.15, 0.2) is 0 Å². The third kappa shape index (κ3) is 2.98. The highest BCUT2D eigenvalue weighted by Gasteiger charge is 2.32. The van der Waals surface area contributed by atoms with Crippen molar-refractivity contribution in [2.24, 2.45) is 11.3 Å². The molecule has 1 aliphatic rings. The van der Waals surface area contributed by atoms with Gasteiger partial charge >= 0.3 is 0 Å². The van der Waals surface area contributed by atoms with Crippen LogP contribution in [0.25, 0.3) is 0 Å². The van der Waals surface area contributed by atoms with Crippen molar-refractivity contribution in [3.05, 3.63) is 0 Å². The molecule has 0 saturated heterocycles. The molecule has 13 heavy (non-hydrogen) atoms. The first-order chi connectivity index (χ1) is 6.06. The van der Waals surface area contributed by atoms with Crippen LogP contribution in [-0.4, -0.2) is 13.1 Å². The van der Waals surface area contributed by atoms with Crippen LogP contribution in [0, 0.1) is 11.3 Å². The van der Waals surface area contributed by atoms with Crippen molar-refractivity contribution < 1.29 is 0 Å². The highest BCUT2D eigenvalue weighted by Crippen LogP contribution is 2.42. The van der Waals surface area contributed by atoms with E-state index in [4.69, 9.17) is 0 Å². The van der Waals surface area contributed by atoms with Crippen molar-refractivity contribution in [1.29, 1.82) is 0 Å². The summed E-state index contributed by atoms with van der Waals surface area (Å²) in [7, 11) is 2.06. The quantitative estimate of drug-likeness (QED) is 0.706. The first-order valence-corrected chi connectivity index (χ1v) is 5.73. The number of hydrogen-bond acceptors (Lipinski definition) is 1. The van der Waals surface area contributed by atoms with Crippen LogP contribution < -0.4 is 5.32 Å². The first kappa shape index (κ1) is 11.0. The number of nitrogens with one attached hydrogen (secondary N) is 1. The molecule has 0 aromatic rings. The monoisotopic (exact) mass is 183 g/mol. The molecule has 0 aromatic carbocycles. The fourth-order valence-corrected chi connectivity index (χ4v) is 2.77. The van der Waals surface area contributed by atoms with Gasteiger partial charge in [0.05, 0.1) is 0 Å². The summed E-state index contributed by atoms with van der Waals surface area (Å²) < 4.78 is 0. The molecule has 1 nitrogen and oxygen atoms in total. The Morgan fingerprint density at radius 2 is 1.85 bits per heavy atom. The zero-order chi connectivity index (χ0) is 9.90. The van der Waals surface area contributed by atoms with Gasteiger partial charge in [-0.3, -0.25) is 0 Å². The van der Waals surface area contributed by atoms with Crippen molar-refractivity contribution in [2.75, 3.05) is 7.05 Å². The van der Waals surface area contributed by atoms with Crippen LogP contribution >= 0.6 is 0 Å². The Bertz CT molecular complexity index is 145. The first-order valence-electron chi connectivity index (χ1n) is 5.73. The van der Waals surface area contributed by atoms with Crippen molar-refractivity contribution in [3.63, 3.8) is 0 Å². The van der Waals surface area contributed by atoms with Crippen LogP contribution in [0.5, 0.6) is 0 Å². The molecule has 1 N–H and O–H groups in total. The second-order valence-corrected chi connectivity index (χ2v) is 5.36. The molecule has 1 unspecified atom stereocenters. The predicted octanol–water partition coefficient (Wildman–Crippen LogP) is 3.20. The lowest BCUT2D eigenvalue weighted by atomic mass is 9.73. The van der Waals surface area contributed by atoms with Gasteiger partial charge < -0.3 is 5.32 Å². The predicted molar refractivity (Wildman–Crippen MR) is 58.9 cm³/mol. The molecule has 0 bridgehead atoms. The van der Waals surface area contributed by atoms with Gasteiger partial charge in [0.1, 0.15) is 0 Å². The molecule has 0 aliphatic heterocycles. The molecule has 0 amide bonds. The van der Waals surface area contributed by atoms with Crippen LogP contribution in [0.3, 0.4) is 0 Å². The summed E-state index contributed by atoms with van der Waals surface area (Å²) in [5, 5.41) is 3.34. The SMILES string of the molecule is CNC(C)CC(C)(C)C1CCCC1. The van der Waals surface area contributed by atoms with E-state index in [0.29, 0.717) is 11.5 Å². The molecular formula is C12H25N. The summed E-state index contributed by atoms with van der Waals surface area (Å²) in [6, 6.07) is 0.663. The van der Waals surface area contributed by atoms with E-state index in [0.717, 1.165) is 5.92 Å². The Labute approximate surface area is 83.3 Å². The molecule has 1 atom stereocenters. The van der Waals surface area contributed by atoms with Crippen molar-refractivity contribution >= 4 is 0 Å². The van der Waals surface area contributed by atoms with Gasteiger partial charge in [-0.2, -0.15) is 0 Å². The summed E-state index contributed by atoms with van der Waals surface area (Å²) in [6.45, 7) is 7.17. The molecule has 1 rings (SSSR count).